The third kappa shape index (κ3) is 3.60. The maximum atomic E-state index is 8.91. The van der Waals surface area contributed by atoms with Gasteiger partial charge in [0.05, 0.1) is 18.9 Å². The van der Waals surface area contributed by atoms with E-state index in [1.165, 1.54) is 0 Å². The van der Waals surface area contributed by atoms with Gasteiger partial charge in [-0.3, -0.25) is 0 Å². The first-order valence-corrected chi connectivity index (χ1v) is 5.18. The molecule has 88 valence electrons. The molecule has 1 aromatic carbocycles. The summed E-state index contributed by atoms with van der Waals surface area (Å²) in [5, 5.41) is 25.4. The fourth-order valence-electron chi connectivity index (χ4n) is 1.46. The number of hydrogen-bond donors (Lipinski definition) is 2. The van der Waals surface area contributed by atoms with E-state index < -0.39 is 0 Å². The highest BCUT2D eigenvalue weighted by molar-refractivity contribution is 5.52. The van der Waals surface area contributed by atoms with E-state index in [1.54, 1.807) is 7.05 Å². The lowest BCUT2D eigenvalue weighted by Gasteiger charge is -2.22. The molecule has 0 radical (unpaired) electrons. The summed E-state index contributed by atoms with van der Waals surface area (Å²) in [7, 11) is 1.62. The number of rotatable bonds is 6. The van der Waals surface area contributed by atoms with Crippen LogP contribution in [0.4, 0.5) is 11.4 Å². The van der Waals surface area contributed by atoms with Gasteiger partial charge in [-0.05, 0) is 24.3 Å². The lowest BCUT2D eigenvalue weighted by atomic mass is 10.2. The fourth-order valence-corrected chi connectivity index (χ4v) is 1.46. The SMILES string of the molecule is CN=Nc1ccc(N(CCO)CCO)cc1. The second-order valence-corrected chi connectivity index (χ2v) is 3.25. The zero-order valence-electron chi connectivity index (χ0n) is 9.37. The molecule has 0 amide bonds. The van der Waals surface area contributed by atoms with Crippen LogP contribution in [-0.4, -0.2) is 43.6 Å². The van der Waals surface area contributed by atoms with Crippen molar-refractivity contribution in [1.82, 2.24) is 0 Å². The summed E-state index contributed by atoms with van der Waals surface area (Å²) >= 11 is 0. The Bertz CT molecular complexity index is 319. The summed E-state index contributed by atoms with van der Waals surface area (Å²) in [6, 6.07) is 7.50. The Labute approximate surface area is 95.1 Å². The highest BCUT2D eigenvalue weighted by Crippen LogP contribution is 2.19. The van der Waals surface area contributed by atoms with Gasteiger partial charge in [0.25, 0.3) is 0 Å². The van der Waals surface area contributed by atoms with E-state index >= 15 is 0 Å². The van der Waals surface area contributed by atoms with Crippen LogP contribution in [0.15, 0.2) is 34.5 Å². The van der Waals surface area contributed by atoms with Crippen LogP contribution < -0.4 is 4.90 Å². The minimum atomic E-state index is 0.0659. The molecule has 16 heavy (non-hydrogen) atoms. The van der Waals surface area contributed by atoms with E-state index in [0.717, 1.165) is 11.4 Å². The second-order valence-electron chi connectivity index (χ2n) is 3.25. The van der Waals surface area contributed by atoms with E-state index in [4.69, 9.17) is 10.2 Å². The molecule has 1 rings (SSSR count). The van der Waals surface area contributed by atoms with E-state index in [0.29, 0.717) is 13.1 Å². The number of aliphatic hydroxyl groups excluding tert-OH is 2. The maximum Gasteiger partial charge on any atom is 0.0853 e. The van der Waals surface area contributed by atoms with Crippen LogP contribution in [0.1, 0.15) is 0 Å². The van der Waals surface area contributed by atoms with Gasteiger partial charge >= 0.3 is 0 Å². The van der Waals surface area contributed by atoms with Crippen LogP contribution in [-0.2, 0) is 0 Å². The van der Waals surface area contributed by atoms with Crippen molar-refractivity contribution >= 4 is 11.4 Å². The first-order chi connectivity index (χ1) is 7.81. The molecule has 0 saturated carbocycles. The van der Waals surface area contributed by atoms with Gasteiger partial charge in [-0.25, -0.2) is 0 Å². The van der Waals surface area contributed by atoms with Crippen molar-refractivity contribution in [1.29, 1.82) is 0 Å². The molecular weight excluding hydrogens is 206 g/mol. The maximum absolute atomic E-state index is 8.91. The molecule has 0 bridgehead atoms. The molecule has 5 heteroatoms. The summed E-state index contributed by atoms with van der Waals surface area (Å²) < 4.78 is 0. The van der Waals surface area contributed by atoms with Gasteiger partial charge in [-0.2, -0.15) is 10.2 Å². The predicted octanol–water partition coefficient (Wildman–Crippen LogP) is 1.19. The first-order valence-electron chi connectivity index (χ1n) is 5.18. The molecule has 0 heterocycles. The van der Waals surface area contributed by atoms with Crippen LogP contribution in [0.25, 0.3) is 0 Å². The molecule has 0 saturated heterocycles. The molecule has 0 spiro atoms. The average Bonchev–Trinajstić information content (AvgIpc) is 2.30. The van der Waals surface area contributed by atoms with Crippen molar-refractivity contribution in [2.75, 3.05) is 38.3 Å². The summed E-state index contributed by atoms with van der Waals surface area (Å²) in [4.78, 5) is 1.91. The lowest BCUT2D eigenvalue weighted by Crippen LogP contribution is -2.29. The number of nitrogens with zero attached hydrogens (tertiary/aromatic N) is 3. The normalized spacial score (nSPS) is 10.9. The van der Waals surface area contributed by atoms with Crippen LogP contribution in [0.3, 0.4) is 0 Å². The zero-order valence-corrected chi connectivity index (χ0v) is 9.37. The number of azo groups is 1. The van der Waals surface area contributed by atoms with Gasteiger partial charge in [0.1, 0.15) is 0 Å². The third-order valence-electron chi connectivity index (χ3n) is 2.17. The van der Waals surface area contributed by atoms with E-state index in [9.17, 15) is 0 Å². The fraction of sp³-hybridized carbons (Fsp3) is 0.455. The Hall–Kier alpha value is -1.46. The predicted molar refractivity (Wildman–Crippen MR) is 63.3 cm³/mol. The van der Waals surface area contributed by atoms with Gasteiger partial charge in [-0.15, -0.1) is 0 Å². The van der Waals surface area contributed by atoms with Gasteiger partial charge in [0.15, 0.2) is 0 Å². The van der Waals surface area contributed by atoms with Crippen LogP contribution in [0.2, 0.25) is 0 Å². The molecule has 2 N–H and O–H groups in total. The molecule has 0 fully saturated rings. The van der Waals surface area contributed by atoms with Crippen LogP contribution >= 0.6 is 0 Å². The van der Waals surface area contributed by atoms with Crippen molar-refractivity contribution in [3.8, 4) is 0 Å². The van der Waals surface area contributed by atoms with Gasteiger partial charge in [0, 0.05) is 25.8 Å². The highest BCUT2D eigenvalue weighted by Gasteiger charge is 2.04. The largest absolute Gasteiger partial charge is 0.395 e. The summed E-state index contributed by atoms with van der Waals surface area (Å²) in [6.45, 7) is 1.15. The molecule has 0 aliphatic carbocycles. The van der Waals surface area contributed by atoms with Crippen molar-refractivity contribution in [3.05, 3.63) is 24.3 Å². The van der Waals surface area contributed by atoms with E-state index in [2.05, 4.69) is 10.2 Å². The Kier molecular flexibility index (Phi) is 5.45. The Morgan fingerprint density at radius 1 is 1.06 bits per heavy atom. The van der Waals surface area contributed by atoms with E-state index in [1.807, 2.05) is 29.2 Å². The Morgan fingerprint density at radius 3 is 2.06 bits per heavy atom. The Morgan fingerprint density at radius 2 is 1.62 bits per heavy atom. The number of benzene rings is 1. The average molecular weight is 223 g/mol. The topological polar surface area (TPSA) is 68.4 Å². The van der Waals surface area contributed by atoms with Gasteiger partial charge < -0.3 is 15.1 Å². The minimum absolute atomic E-state index is 0.0659. The van der Waals surface area contributed by atoms with Crippen molar-refractivity contribution < 1.29 is 10.2 Å². The lowest BCUT2D eigenvalue weighted by molar-refractivity contribution is 0.281. The number of aliphatic hydroxyl groups is 2. The molecule has 0 aromatic heterocycles. The summed E-state index contributed by atoms with van der Waals surface area (Å²) in [5.41, 5.74) is 1.75. The van der Waals surface area contributed by atoms with Crippen molar-refractivity contribution in [2.24, 2.45) is 10.2 Å². The Balaban J connectivity index is 2.76. The molecule has 1 aromatic rings. The first kappa shape index (κ1) is 12.6. The number of hydrogen-bond acceptors (Lipinski definition) is 5. The second kappa shape index (κ2) is 6.92. The molecular formula is C11H17N3O2. The van der Waals surface area contributed by atoms with Crippen LogP contribution in [0.5, 0.6) is 0 Å². The molecule has 0 aliphatic rings. The summed E-state index contributed by atoms with van der Waals surface area (Å²) in [6.07, 6.45) is 0. The standard InChI is InChI=1S/C11H17N3O2/c1-12-13-10-2-4-11(5-3-10)14(6-8-15)7-9-16/h2-5,15-16H,6-9H2,1H3. The van der Waals surface area contributed by atoms with Gasteiger partial charge in [-0.1, -0.05) is 0 Å². The van der Waals surface area contributed by atoms with E-state index in [-0.39, 0.29) is 13.2 Å². The zero-order chi connectivity index (χ0) is 11.8. The smallest absolute Gasteiger partial charge is 0.0853 e. The third-order valence-corrected chi connectivity index (χ3v) is 2.17. The van der Waals surface area contributed by atoms with Crippen LogP contribution in [0, 0.1) is 0 Å². The minimum Gasteiger partial charge on any atom is -0.395 e. The van der Waals surface area contributed by atoms with Crippen molar-refractivity contribution in [2.45, 2.75) is 0 Å². The highest BCUT2D eigenvalue weighted by atomic mass is 16.3. The number of anilines is 1. The van der Waals surface area contributed by atoms with Crippen molar-refractivity contribution in [3.63, 3.8) is 0 Å². The monoisotopic (exact) mass is 223 g/mol. The molecule has 0 unspecified atom stereocenters. The molecule has 5 nitrogen and oxygen atoms in total. The summed E-state index contributed by atoms with van der Waals surface area (Å²) in [5.74, 6) is 0. The quantitative estimate of drug-likeness (QED) is 0.712. The molecule has 0 aliphatic heterocycles. The van der Waals surface area contributed by atoms with Gasteiger partial charge in [0.2, 0.25) is 0 Å². The molecule has 0 atom stereocenters.